The van der Waals surface area contributed by atoms with Gasteiger partial charge in [-0.1, -0.05) is 12.1 Å². The summed E-state index contributed by atoms with van der Waals surface area (Å²) in [5.74, 6) is 0.856. The maximum Gasteiger partial charge on any atom is 0.119 e. The minimum Gasteiger partial charge on any atom is -0.493 e. The van der Waals surface area contributed by atoms with E-state index in [4.69, 9.17) is 10.5 Å². The van der Waals surface area contributed by atoms with Crippen LogP contribution in [0.15, 0.2) is 24.3 Å². The second kappa shape index (κ2) is 6.43. The SMILES string of the molecule is Cc1cccc(OCCC(O)CCN)c1. The Bertz CT molecular complexity index is 289. The van der Waals surface area contributed by atoms with Gasteiger partial charge in [0, 0.05) is 6.42 Å². The van der Waals surface area contributed by atoms with Gasteiger partial charge in [0.1, 0.15) is 5.75 Å². The third-order valence-electron chi connectivity index (χ3n) is 2.21. The lowest BCUT2D eigenvalue weighted by Gasteiger charge is -2.10. The molecule has 15 heavy (non-hydrogen) atoms. The summed E-state index contributed by atoms with van der Waals surface area (Å²) in [4.78, 5) is 0. The van der Waals surface area contributed by atoms with Crippen LogP contribution >= 0.6 is 0 Å². The summed E-state index contributed by atoms with van der Waals surface area (Å²) in [5, 5.41) is 9.42. The molecule has 0 saturated heterocycles. The van der Waals surface area contributed by atoms with E-state index in [-0.39, 0.29) is 6.10 Å². The monoisotopic (exact) mass is 209 g/mol. The van der Waals surface area contributed by atoms with Gasteiger partial charge >= 0.3 is 0 Å². The number of hydrogen-bond donors (Lipinski definition) is 2. The molecule has 1 atom stereocenters. The molecule has 0 radical (unpaired) electrons. The number of hydrogen-bond acceptors (Lipinski definition) is 3. The van der Waals surface area contributed by atoms with Crippen molar-refractivity contribution in [2.24, 2.45) is 5.73 Å². The van der Waals surface area contributed by atoms with E-state index in [0.29, 0.717) is 26.0 Å². The summed E-state index contributed by atoms with van der Waals surface area (Å²) in [6.07, 6.45) is 0.919. The zero-order chi connectivity index (χ0) is 11.1. The van der Waals surface area contributed by atoms with Crippen LogP contribution in [0.5, 0.6) is 5.75 Å². The number of aliphatic hydroxyl groups excluding tert-OH is 1. The Morgan fingerprint density at radius 3 is 2.87 bits per heavy atom. The van der Waals surface area contributed by atoms with Gasteiger partial charge in [0.05, 0.1) is 12.7 Å². The third-order valence-corrected chi connectivity index (χ3v) is 2.21. The summed E-state index contributed by atoms with van der Waals surface area (Å²) < 4.78 is 5.50. The molecule has 3 nitrogen and oxygen atoms in total. The maximum atomic E-state index is 9.42. The Morgan fingerprint density at radius 2 is 2.20 bits per heavy atom. The Hall–Kier alpha value is -1.06. The highest BCUT2D eigenvalue weighted by molar-refractivity contribution is 5.27. The average molecular weight is 209 g/mol. The zero-order valence-electron chi connectivity index (χ0n) is 9.15. The van der Waals surface area contributed by atoms with E-state index in [0.717, 1.165) is 5.75 Å². The Morgan fingerprint density at radius 1 is 1.40 bits per heavy atom. The van der Waals surface area contributed by atoms with Crippen molar-refractivity contribution in [3.8, 4) is 5.75 Å². The van der Waals surface area contributed by atoms with Gasteiger partial charge in [0.15, 0.2) is 0 Å². The average Bonchev–Trinajstić information content (AvgIpc) is 2.18. The van der Waals surface area contributed by atoms with E-state index in [9.17, 15) is 5.11 Å². The second-order valence-electron chi connectivity index (χ2n) is 3.68. The first kappa shape index (κ1) is 12.0. The summed E-state index contributed by atoms with van der Waals surface area (Å²) >= 11 is 0. The van der Waals surface area contributed by atoms with E-state index >= 15 is 0 Å². The van der Waals surface area contributed by atoms with Crippen molar-refractivity contribution in [1.29, 1.82) is 0 Å². The van der Waals surface area contributed by atoms with Gasteiger partial charge in [0.25, 0.3) is 0 Å². The molecular formula is C12H19NO2. The predicted octanol–water partition coefficient (Wildman–Crippen LogP) is 1.47. The van der Waals surface area contributed by atoms with Gasteiger partial charge < -0.3 is 15.6 Å². The molecule has 0 bridgehead atoms. The Balaban J connectivity index is 2.25. The van der Waals surface area contributed by atoms with Gasteiger partial charge in [-0.2, -0.15) is 0 Å². The Kier molecular flexibility index (Phi) is 5.15. The fourth-order valence-electron chi connectivity index (χ4n) is 1.35. The van der Waals surface area contributed by atoms with Crippen LogP contribution in [0, 0.1) is 6.92 Å². The molecule has 3 N–H and O–H groups in total. The molecule has 0 heterocycles. The first-order valence-corrected chi connectivity index (χ1v) is 5.30. The lowest BCUT2D eigenvalue weighted by Crippen LogP contribution is -2.16. The molecule has 0 spiro atoms. The summed E-state index contributed by atoms with van der Waals surface area (Å²) in [6.45, 7) is 3.08. The number of aliphatic hydroxyl groups is 1. The first-order chi connectivity index (χ1) is 7.22. The summed E-state index contributed by atoms with van der Waals surface area (Å²) in [6, 6.07) is 7.88. The number of benzene rings is 1. The van der Waals surface area contributed by atoms with E-state index in [1.54, 1.807) is 0 Å². The van der Waals surface area contributed by atoms with E-state index < -0.39 is 0 Å². The number of ether oxygens (including phenoxy) is 1. The molecule has 84 valence electrons. The molecule has 0 aromatic heterocycles. The van der Waals surface area contributed by atoms with E-state index in [2.05, 4.69) is 0 Å². The zero-order valence-corrected chi connectivity index (χ0v) is 9.15. The fourth-order valence-corrected chi connectivity index (χ4v) is 1.35. The van der Waals surface area contributed by atoms with Crippen molar-refractivity contribution in [1.82, 2.24) is 0 Å². The maximum absolute atomic E-state index is 9.42. The number of nitrogens with two attached hydrogens (primary N) is 1. The van der Waals surface area contributed by atoms with Crippen LogP contribution in [-0.2, 0) is 0 Å². The highest BCUT2D eigenvalue weighted by atomic mass is 16.5. The van der Waals surface area contributed by atoms with Crippen LogP contribution in [0.25, 0.3) is 0 Å². The van der Waals surface area contributed by atoms with Crippen LogP contribution in [-0.4, -0.2) is 24.4 Å². The topological polar surface area (TPSA) is 55.5 Å². The van der Waals surface area contributed by atoms with Crippen molar-refractivity contribution in [2.75, 3.05) is 13.2 Å². The third kappa shape index (κ3) is 4.81. The van der Waals surface area contributed by atoms with Crippen molar-refractivity contribution >= 4 is 0 Å². The molecule has 1 aromatic carbocycles. The first-order valence-electron chi connectivity index (χ1n) is 5.30. The van der Waals surface area contributed by atoms with Crippen molar-refractivity contribution < 1.29 is 9.84 Å². The van der Waals surface area contributed by atoms with Gasteiger partial charge in [-0.15, -0.1) is 0 Å². The van der Waals surface area contributed by atoms with Gasteiger partial charge in [-0.05, 0) is 37.6 Å². The molecule has 0 fully saturated rings. The minimum absolute atomic E-state index is 0.347. The van der Waals surface area contributed by atoms with Crippen molar-refractivity contribution in [3.63, 3.8) is 0 Å². The highest BCUT2D eigenvalue weighted by Gasteiger charge is 2.02. The quantitative estimate of drug-likeness (QED) is 0.746. The molecule has 0 saturated carbocycles. The van der Waals surface area contributed by atoms with E-state index in [1.807, 2.05) is 31.2 Å². The fraction of sp³-hybridized carbons (Fsp3) is 0.500. The van der Waals surface area contributed by atoms with Crippen LogP contribution in [0.1, 0.15) is 18.4 Å². The van der Waals surface area contributed by atoms with Crippen LogP contribution in [0.4, 0.5) is 0 Å². The van der Waals surface area contributed by atoms with Crippen molar-refractivity contribution in [2.45, 2.75) is 25.9 Å². The smallest absolute Gasteiger partial charge is 0.119 e. The van der Waals surface area contributed by atoms with Gasteiger partial charge in [0.2, 0.25) is 0 Å². The molecule has 0 amide bonds. The Labute approximate surface area is 90.9 Å². The summed E-state index contributed by atoms with van der Waals surface area (Å²) in [7, 11) is 0. The van der Waals surface area contributed by atoms with Gasteiger partial charge in [-0.25, -0.2) is 0 Å². The molecule has 0 aliphatic carbocycles. The lowest BCUT2D eigenvalue weighted by atomic mass is 10.2. The molecular weight excluding hydrogens is 190 g/mol. The van der Waals surface area contributed by atoms with Gasteiger partial charge in [-0.3, -0.25) is 0 Å². The minimum atomic E-state index is -0.347. The van der Waals surface area contributed by atoms with Crippen LogP contribution in [0.2, 0.25) is 0 Å². The standard InChI is InChI=1S/C12H19NO2/c1-10-3-2-4-12(9-10)15-8-6-11(14)5-7-13/h2-4,9,11,14H,5-8,13H2,1H3. The number of rotatable bonds is 6. The largest absolute Gasteiger partial charge is 0.493 e. The molecule has 1 rings (SSSR count). The van der Waals surface area contributed by atoms with Crippen molar-refractivity contribution in [3.05, 3.63) is 29.8 Å². The number of aryl methyl sites for hydroxylation is 1. The molecule has 0 aliphatic rings. The highest BCUT2D eigenvalue weighted by Crippen LogP contribution is 2.12. The molecule has 0 aliphatic heterocycles. The molecule has 1 aromatic rings. The molecule has 3 heteroatoms. The van der Waals surface area contributed by atoms with Crippen LogP contribution in [0.3, 0.4) is 0 Å². The predicted molar refractivity (Wildman–Crippen MR) is 61.0 cm³/mol. The summed E-state index contributed by atoms with van der Waals surface area (Å²) in [5.41, 5.74) is 6.51. The van der Waals surface area contributed by atoms with E-state index in [1.165, 1.54) is 5.56 Å². The normalized spacial score (nSPS) is 12.5. The lowest BCUT2D eigenvalue weighted by molar-refractivity contribution is 0.133. The second-order valence-corrected chi connectivity index (χ2v) is 3.68. The molecule has 1 unspecified atom stereocenters. The van der Waals surface area contributed by atoms with Crippen LogP contribution < -0.4 is 10.5 Å².